The molecule has 8 heteroatoms. The van der Waals surface area contributed by atoms with Crippen molar-refractivity contribution < 1.29 is 13.2 Å². The van der Waals surface area contributed by atoms with E-state index in [1.54, 1.807) is 16.2 Å². The zero-order chi connectivity index (χ0) is 19.6. The fraction of sp³-hybridized carbons (Fsp3) is 0.579. The van der Waals surface area contributed by atoms with Gasteiger partial charge < -0.3 is 4.90 Å². The molecule has 3 heterocycles. The lowest BCUT2D eigenvalue weighted by molar-refractivity contribution is -0.130. The van der Waals surface area contributed by atoms with E-state index in [0.717, 1.165) is 29.8 Å². The molecule has 0 saturated carbocycles. The highest BCUT2D eigenvalue weighted by Crippen LogP contribution is 2.27. The molecule has 2 aromatic heterocycles. The third-order valence-corrected chi connectivity index (χ3v) is 7.93. The van der Waals surface area contributed by atoms with Crippen LogP contribution in [0.15, 0.2) is 17.5 Å². The van der Waals surface area contributed by atoms with E-state index >= 15 is 0 Å². The fourth-order valence-electron chi connectivity index (χ4n) is 3.63. The summed E-state index contributed by atoms with van der Waals surface area (Å²) in [6, 6.07) is 4.05. The number of thiophene rings is 1. The highest BCUT2D eigenvalue weighted by atomic mass is 32.2. The molecule has 6 nitrogen and oxygen atoms in total. The number of aromatic nitrogens is 2. The smallest absolute Gasteiger partial charge is 0.222 e. The maximum Gasteiger partial charge on any atom is 0.222 e. The summed E-state index contributed by atoms with van der Waals surface area (Å²) >= 11 is 1.73. The highest BCUT2D eigenvalue weighted by molar-refractivity contribution is 7.91. The molecule has 0 aliphatic carbocycles. The summed E-state index contributed by atoms with van der Waals surface area (Å²) in [5, 5.41) is 6.64. The molecule has 0 bridgehead atoms. The van der Waals surface area contributed by atoms with Gasteiger partial charge in [-0.2, -0.15) is 5.10 Å². The number of aryl methyl sites for hydroxylation is 2. The monoisotopic (exact) mass is 409 g/mol. The van der Waals surface area contributed by atoms with Gasteiger partial charge in [0.1, 0.15) is 0 Å². The van der Waals surface area contributed by atoms with E-state index in [1.165, 1.54) is 4.88 Å². The Kier molecular flexibility index (Phi) is 6.05. The lowest BCUT2D eigenvalue weighted by Gasteiger charge is -2.18. The van der Waals surface area contributed by atoms with Crippen molar-refractivity contribution >= 4 is 27.1 Å². The van der Waals surface area contributed by atoms with Crippen molar-refractivity contribution in [1.29, 1.82) is 0 Å². The molecule has 148 valence electrons. The molecule has 0 aromatic carbocycles. The van der Waals surface area contributed by atoms with Crippen LogP contribution in [0.5, 0.6) is 0 Å². The van der Waals surface area contributed by atoms with Crippen LogP contribution in [0.1, 0.15) is 47.1 Å². The van der Waals surface area contributed by atoms with Crippen LogP contribution in [0, 0.1) is 13.8 Å². The number of amides is 1. The van der Waals surface area contributed by atoms with Crippen LogP contribution < -0.4 is 0 Å². The zero-order valence-corrected chi connectivity index (χ0v) is 17.8. The second-order valence-electron chi connectivity index (χ2n) is 7.33. The van der Waals surface area contributed by atoms with Crippen LogP contribution in [0.25, 0.3) is 0 Å². The van der Waals surface area contributed by atoms with E-state index in [9.17, 15) is 13.2 Å². The van der Waals surface area contributed by atoms with E-state index in [2.05, 4.69) is 16.5 Å². The summed E-state index contributed by atoms with van der Waals surface area (Å²) < 4.78 is 25.4. The topological polar surface area (TPSA) is 72.3 Å². The first kappa shape index (κ1) is 20.1. The minimum Gasteiger partial charge on any atom is -0.341 e. The normalized spacial score (nSPS) is 18.7. The Bertz CT molecular complexity index is 901. The number of carbonyl (C=O) groups excluding carboxylic acids is 1. The van der Waals surface area contributed by atoms with E-state index in [-0.39, 0.29) is 23.5 Å². The van der Waals surface area contributed by atoms with Crippen molar-refractivity contribution in [3.05, 3.63) is 39.3 Å². The Hall–Kier alpha value is -1.67. The lowest BCUT2D eigenvalue weighted by Crippen LogP contribution is -2.26. The van der Waals surface area contributed by atoms with Gasteiger partial charge in [-0.05, 0) is 44.6 Å². The zero-order valence-electron chi connectivity index (χ0n) is 16.1. The molecule has 1 amide bonds. The first-order valence-electron chi connectivity index (χ1n) is 9.28. The molecule has 0 radical (unpaired) electrons. The van der Waals surface area contributed by atoms with Crippen LogP contribution in [-0.2, 0) is 27.6 Å². The first-order valence-corrected chi connectivity index (χ1v) is 12.0. The van der Waals surface area contributed by atoms with Crippen LogP contribution >= 0.6 is 11.3 Å². The van der Waals surface area contributed by atoms with Crippen LogP contribution in [0.3, 0.4) is 0 Å². The number of hydrogen-bond acceptors (Lipinski definition) is 5. The number of nitrogens with zero attached hydrogens (tertiary/aromatic N) is 3. The van der Waals surface area contributed by atoms with E-state index in [0.29, 0.717) is 19.4 Å². The largest absolute Gasteiger partial charge is 0.341 e. The lowest BCUT2D eigenvalue weighted by atomic mass is 10.1. The van der Waals surface area contributed by atoms with Gasteiger partial charge in [0.25, 0.3) is 0 Å². The number of carbonyl (C=O) groups is 1. The van der Waals surface area contributed by atoms with Gasteiger partial charge in [0.2, 0.25) is 5.91 Å². The summed E-state index contributed by atoms with van der Waals surface area (Å²) in [7, 11) is -1.13. The van der Waals surface area contributed by atoms with E-state index < -0.39 is 9.84 Å². The molecular weight excluding hydrogens is 382 g/mol. The van der Waals surface area contributed by atoms with Crippen molar-refractivity contribution in [1.82, 2.24) is 14.7 Å². The molecule has 1 fully saturated rings. The molecule has 1 aliphatic heterocycles. The summed E-state index contributed by atoms with van der Waals surface area (Å²) in [6.45, 7) is 4.40. The number of rotatable bonds is 7. The first-order chi connectivity index (χ1) is 12.8. The van der Waals surface area contributed by atoms with E-state index in [4.69, 9.17) is 0 Å². The maximum absolute atomic E-state index is 12.5. The maximum atomic E-state index is 12.5. The Labute approximate surface area is 165 Å². The van der Waals surface area contributed by atoms with Crippen molar-refractivity contribution in [3.8, 4) is 0 Å². The van der Waals surface area contributed by atoms with Crippen molar-refractivity contribution in [2.24, 2.45) is 0 Å². The second-order valence-corrected chi connectivity index (χ2v) is 10.6. The highest BCUT2D eigenvalue weighted by Gasteiger charge is 2.31. The molecule has 0 spiro atoms. The predicted octanol–water partition coefficient (Wildman–Crippen LogP) is 2.90. The third-order valence-electron chi connectivity index (χ3n) is 5.24. The Morgan fingerprint density at radius 1 is 1.41 bits per heavy atom. The quantitative estimate of drug-likeness (QED) is 0.705. The summed E-state index contributed by atoms with van der Waals surface area (Å²) in [5.74, 6) is 0.515. The summed E-state index contributed by atoms with van der Waals surface area (Å²) in [4.78, 5) is 15.5. The Morgan fingerprint density at radius 3 is 2.81 bits per heavy atom. The minimum absolute atomic E-state index is 0.0887. The third kappa shape index (κ3) is 4.79. The molecule has 1 saturated heterocycles. The van der Waals surface area contributed by atoms with Crippen molar-refractivity contribution in [2.45, 2.75) is 52.1 Å². The second kappa shape index (κ2) is 8.14. The molecular formula is C19H27N3O3S2. The molecule has 1 atom stereocenters. The van der Waals surface area contributed by atoms with Crippen LogP contribution in [0.2, 0.25) is 0 Å². The van der Waals surface area contributed by atoms with Gasteiger partial charge in [-0.25, -0.2) is 8.42 Å². The van der Waals surface area contributed by atoms with Gasteiger partial charge in [0.05, 0.1) is 23.2 Å². The standard InChI is InChI=1S/C19H27N3O3S2/c1-14-18(15(2)22(20-14)16-9-11-27(24,25)13-16)12-21(3)19(23)8-4-6-17-7-5-10-26-17/h5,7,10,16H,4,6,8-9,11-13H2,1-3H3/t16-/m0/s1. The van der Waals surface area contributed by atoms with Gasteiger partial charge in [-0.15, -0.1) is 11.3 Å². The van der Waals surface area contributed by atoms with Gasteiger partial charge in [0, 0.05) is 36.1 Å². The van der Waals surface area contributed by atoms with Crippen molar-refractivity contribution in [2.75, 3.05) is 18.6 Å². The van der Waals surface area contributed by atoms with Crippen molar-refractivity contribution in [3.63, 3.8) is 0 Å². The Morgan fingerprint density at radius 2 is 2.19 bits per heavy atom. The molecule has 1 aliphatic rings. The van der Waals surface area contributed by atoms with Gasteiger partial charge in [-0.3, -0.25) is 9.48 Å². The SMILES string of the molecule is Cc1nn([C@H]2CCS(=O)(=O)C2)c(C)c1CN(C)C(=O)CCCc1cccs1. The van der Waals surface area contributed by atoms with Gasteiger partial charge in [0.15, 0.2) is 9.84 Å². The van der Waals surface area contributed by atoms with E-state index in [1.807, 2.05) is 31.6 Å². The number of sulfone groups is 1. The fourth-order valence-corrected chi connectivity index (χ4v) is 6.08. The Balaban J connectivity index is 1.60. The number of hydrogen-bond donors (Lipinski definition) is 0. The van der Waals surface area contributed by atoms with Gasteiger partial charge in [-0.1, -0.05) is 6.07 Å². The average Bonchev–Trinajstić information content (AvgIpc) is 3.31. The molecule has 2 aromatic rings. The molecule has 3 rings (SSSR count). The average molecular weight is 410 g/mol. The summed E-state index contributed by atoms with van der Waals surface area (Å²) in [6.07, 6.45) is 2.92. The molecule has 0 N–H and O–H groups in total. The molecule has 27 heavy (non-hydrogen) atoms. The van der Waals surface area contributed by atoms with Gasteiger partial charge >= 0.3 is 0 Å². The summed E-state index contributed by atoms with van der Waals surface area (Å²) in [5.41, 5.74) is 2.86. The predicted molar refractivity (Wildman–Crippen MR) is 108 cm³/mol. The minimum atomic E-state index is -2.95. The van der Waals surface area contributed by atoms with Crippen LogP contribution in [0.4, 0.5) is 0 Å². The molecule has 0 unspecified atom stereocenters. The van der Waals surface area contributed by atoms with Crippen LogP contribution in [-0.4, -0.2) is 47.6 Å².